The van der Waals surface area contributed by atoms with Crippen molar-refractivity contribution in [1.29, 1.82) is 0 Å². The highest BCUT2D eigenvalue weighted by Crippen LogP contribution is 2.36. The van der Waals surface area contributed by atoms with Crippen LogP contribution in [-0.2, 0) is 0 Å². The molecule has 0 N–H and O–H groups in total. The Labute approximate surface area is 130 Å². The third kappa shape index (κ3) is 3.52. The van der Waals surface area contributed by atoms with Crippen molar-refractivity contribution in [3.8, 4) is 23.0 Å². The SMILES string of the molecule is COc1ccc(/C=C/c2cc(OC)cc(OC)c2OC)cc1. The largest absolute Gasteiger partial charge is 0.497 e. The lowest BCUT2D eigenvalue weighted by atomic mass is 10.1. The van der Waals surface area contributed by atoms with E-state index in [9.17, 15) is 0 Å². The van der Waals surface area contributed by atoms with Gasteiger partial charge in [0.15, 0.2) is 11.5 Å². The standard InChI is InChI=1S/C18H20O4/c1-19-15-9-6-13(7-10-15)5-8-14-11-16(20-2)12-17(21-3)18(14)22-4/h5-12H,1-4H3/b8-5+. The van der Waals surface area contributed by atoms with Crippen molar-refractivity contribution in [1.82, 2.24) is 0 Å². The number of rotatable bonds is 6. The first-order chi connectivity index (χ1) is 10.7. The zero-order chi connectivity index (χ0) is 15.9. The van der Waals surface area contributed by atoms with Crippen molar-refractivity contribution in [3.05, 3.63) is 47.5 Å². The lowest BCUT2D eigenvalue weighted by molar-refractivity contribution is 0.348. The summed E-state index contributed by atoms with van der Waals surface area (Å²) in [7, 11) is 6.50. The highest BCUT2D eigenvalue weighted by molar-refractivity contribution is 5.75. The van der Waals surface area contributed by atoms with Gasteiger partial charge in [0.25, 0.3) is 0 Å². The van der Waals surface area contributed by atoms with E-state index in [1.165, 1.54) is 0 Å². The molecule has 0 amide bonds. The molecule has 0 saturated carbocycles. The molecule has 2 rings (SSSR count). The third-order valence-electron chi connectivity index (χ3n) is 3.29. The number of ether oxygens (including phenoxy) is 4. The van der Waals surface area contributed by atoms with E-state index in [-0.39, 0.29) is 0 Å². The van der Waals surface area contributed by atoms with Gasteiger partial charge in [-0.25, -0.2) is 0 Å². The van der Waals surface area contributed by atoms with Crippen LogP contribution in [0.3, 0.4) is 0 Å². The molecule has 2 aromatic carbocycles. The van der Waals surface area contributed by atoms with Gasteiger partial charge < -0.3 is 18.9 Å². The molecule has 22 heavy (non-hydrogen) atoms. The fourth-order valence-electron chi connectivity index (χ4n) is 2.11. The minimum Gasteiger partial charge on any atom is -0.497 e. The van der Waals surface area contributed by atoms with Gasteiger partial charge in [0, 0.05) is 11.6 Å². The van der Waals surface area contributed by atoms with Crippen LogP contribution in [0, 0.1) is 0 Å². The third-order valence-corrected chi connectivity index (χ3v) is 3.29. The minimum atomic E-state index is 0.635. The summed E-state index contributed by atoms with van der Waals surface area (Å²) in [6.45, 7) is 0. The van der Waals surface area contributed by atoms with Crippen molar-refractivity contribution in [3.63, 3.8) is 0 Å². The van der Waals surface area contributed by atoms with Crippen LogP contribution in [0.25, 0.3) is 12.2 Å². The van der Waals surface area contributed by atoms with E-state index in [0.29, 0.717) is 17.2 Å². The molecular weight excluding hydrogens is 280 g/mol. The molecule has 116 valence electrons. The Bertz CT molecular complexity index is 645. The highest BCUT2D eigenvalue weighted by atomic mass is 16.5. The van der Waals surface area contributed by atoms with Gasteiger partial charge in [-0.2, -0.15) is 0 Å². The van der Waals surface area contributed by atoms with Crippen molar-refractivity contribution >= 4 is 12.2 Å². The molecule has 4 heteroatoms. The summed E-state index contributed by atoms with van der Waals surface area (Å²) < 4.78 is 21.2. The van der Waals surface area contributed by atoms with Crippen molar-refractivity contribution in [2.24, 2.45) is 0 Å². The summed E-state index contributed by atoms with van der Waals surface area (Å²) in [5.41, 5.74) is 1.94. The first kappa shape index (κ1) is 15.8. The van der Waals surface area contributed by atoms with Gasteiger partial charge in [0.2, 0.25) is 0 Å². The minimum absolute atomic E-state index is 0.635. The predicted molar refractivity (Wildman–Crippen MR) is 88.0 cm³/mol. The maximum atomic E-state index is 5.44. The normalized spacial score (nSPS) is 10.5. The lowest BCUT2D eigenvalue weighted by Gasteiger charge is -2.12. The Morgan fingerprint density at radius 3 is 1.91 bits per heavy atom. The number of hydrogen-bond donors (Lipinski definition) is 0. The maximum Gasteiger partial charge on any atom is 0.168 e. The molecule has 0 radical (unpaired) electrons. The van der Waals surface area contributed by atoms with Crippen LogP contribution in [0.5, 0.6) is 23.0 Å². The summed E-state index contributed by atoms with van der Waals surface area (Å²) in [5.74, 6) is 2.86. The van der Waals surface area contributed by atoms with Gasteiger partial charge in [0.1, 0.15) is 11.5 Å². The topological polar surface area (TPSA) is 36.9 Å². The van der Waals surface area contributed by atoms with E-state index in [4.69, 9.17) is 18.9 Å². The van der Waals surface area contributed by atoms with Gasteiger partial charge in [0.05, 0.1) is 28.4 Å². The molecule has 0 aliphatic heterocycles. The molecule has 0 heterocycles. The molecule has 0 aliphatic rings. The van der Waals surface area contributed by atoms with Crippen LogP contribution in [0.1, 0.15) is 11.1 Å². The van der Waals surface area contributed by atoms with Crippen LogP contribution >= 0.6 is 0 Å². The van der Waals surface area contributed by atoms with Crippen molar-refractivity contribution in [2.45, 2.75) is 0 Å². The first-order valence-electron chi connectivity index (χ1n) is 6.84. The average Bonchev–Trinajstić information content (AvgIpc) is 2.59. The van der Waals surface area contributed by atoms with E-state index in [1.54, 1.807) is 34.5 Å². The average molecular weight is 300 g/mol. The van der Waals surface area contributed by atoms with Gasteiger partial charge in [-0.05, 0) is 23.8 Å². The summed E-state index contributed by atoms with van der Waals surface area (Å²) in [5, 5.41) is 0. The van der Waals surface area contributed by atoms with E-state index < -0.39 is 0 Å². The van der Waals surface area contributed by atoms with Crippen molar-refractivity contribution < 1.29 is 18.9 Å². The Hall–Kier alpha value is -2.62. The lowest BCUT2D eigenvalue weighted by Crippen LogP contribution is -1.95. The van der Waals surface area contributed by atoms with Gasteiger partial charge >= 0.3 is 0 Å². The van der Waals surface area contributed by atoms with E-state index >= 15 is 0 Å². The van der Waals surface area contributed by atoms with Crippen LogP contribution in [-0.4, -0.2) is 28.4 Å². The molecule has 4 nitrogen and oxygen atoms in total. The number of methoxy groups -OCH3 is 4. The smallest absolute Gasteiger partial charge is 0.168 e. The van der Waals surface area contributed by atoms with Crippen LogP contribution in [0.4, 0.5) is 0 Å². The van der Waals surface area contributed by atoms with E-state index in [0.717, 1.165) is 16.9 Å². The zero-order valence-electron chi connectivity index (χ0n) is 13.3. The quantitative estimate of drug-likeness (QED) is 0.758. The summed E-state index contributed by atoms with van der Waals surface area (Å²) >= 11 is 0. The molecule has 0 bridgehead atoms. The Morgan fingerprint density at radius 2 is 1.36 bits per heavy atom. The predicted octanol–water partition coefficient (Wildman–Crippen LogP) is 3.89. The van der Waals surface area contributed by atoms with Crippen LogP contribution in [0.15, 0.2) is 36.4 Å². The van der Waals surface area contributed by atoms with Gasteiger partial charge in [-0.15, -0.1) is 0 Å². The summed E-state index contributed by atoms with van der Waals surface area (Å²) in [6, 6.07) is 11.5. The van der Waals surface area contributed by atoms with Crippen LogP contribution < -0.4 is 18.9 Å². The maximum absolute atomic E-state index is 5.44. The molecule has 0 saturated heterocycles. The first-order valence-corrected chi connectivity index (χ1v) is 6.84. The molecule has 0 aliphatic carbocycles. The molecule has 0 atom stereocenters. The van der Waals surface area contributed by atoms with Gasteiger partial charge in [-0.1, -0.05) is 24.3 Å². The Morgan fingerprint density at radius 1 is 0.682 bits per heavy atom. The molecule has 0 spiro atoms. The zero-order valence-corrected chi connectivity index (χ0v) is 13.3. The molecule has 2 aromatic rings. The molecule has 0 fully saturated rings. The molecule has 0 unspecified atom stereocenters. The summed E-state index contributed by atoms with van der Waals surface area (Å²) in [4.78, 5) is 0. The second-order valence-electron chi connectivity index (χ2n) is 4.56. The highest BCUT2D eigenvalue weighted by Gasteiger charge is 2.10. The second-order valence-corrected chi connectivity index (χ2v) is 4.56. The van der Waals surface area contributed by atoms with Crippen LogP contribution in [0.2, 0.25) is 0 Å². The second kappa shape index (κ2) is 7.41. The fourth-order valence-corrected chi connectivity index (χ4v) is 2.11. The Kier molecular flexibility index (Phi) is 5.31. The summed E-state index contributed by atoms with van der Waals surface area (Å²) in [6.07, 6.45) is 3.96. The van der Waals surface area contributed by atoms with Crippen molar-refractivity contribution in [2.75, 3.05) is 28.4 Å². The fraction of sp³-hybridized carbons (Fsp3) is 0.222. The Balaban J connectivity index is 2.35. The molecular formula is C18H20O4. The van der Waals surface area contributed by atoms with Gasteiger partial charge in [-0.3, -0.25) is 0 Å². The number of hydrogen-bond acceptors (Lipinski definition) is 4. The molecule has 0 aromatic heterocycles. The monoisotopic (exact) mass is 300 g/mol. The number of benzene rings is 2. The van der Waals surface area contributed by atoms with E-state index in [2.05, 4.69) is 0 Å². The van der Waals surface area contributed by atoms with E-state index in [1.807, 2.05) is 42.5 Å².